The Morgan fingerprint density at radius 3 is 2.24 bits per heavy atom. The van der Waals surface area contributed by atoms with Crippen molar-refractivity contribution in [1.29, 1.82) is 0 Å². The largest absolute Gasteiger partial charge is 0.465 e. The topological polar surface area (TPSA) is 80.3 Å². The van der Waals surface area contributed by atoms with Gasteiger partial charge in [0.25, 0.3) is 0 Å². The number of methoxy groups -OCH3 is 1. The number of benzene rings is 1. The lowest BCUT2D eigenvalue weighted by Gasteiger charge is -2.07. The summed E-state index contributed by atoms with van der Waals surface area (Å²) < 4.78 is 4.63. The van der Waals surface area contributed by atoms with Gasteiger partial charge in [0.1, 0.15) is 5.82 Å². The van der Waals surface area contributed by atoms with Crippen molar-refractivity contribution in [2.45, 2.75) is 6.92 Å². The number of nitrogens with zero attached hydrogens (tertiary/aromatic N) is 1. The van der Waals surface area contributed by atoms with Crippen LogP contribution in [-0.4, -0.2) is 24.0 Å². The highest BCUT2D eigenvalue weighted by molar-refractivity contribution is 5.90. The average molecular weight is 285 g/mol. The van der Waals surface area contributed by atoms with E-state index in [1.165, 1.54) is 14.0 Å². The summed E-state index contributed by atoms with van der Waals surface area (Å²) in [6, 6.07) is 10.4. The molecule has 0 aliphatic carbocycles. The summed E-state index contributed by atoms with van der Waals surface area (Å²) in [5.74, 6) is 0.116. The van der Waals surface area contributed by atoms with Crippen LogP contribution in [0.1, 0.15) is 17.3 Å². The molecule has 2 rings (SSSR count). The van der Waals surface area contributed by atoms with Gasteiger partial charge < -0.3 is 15.4 Å². The molecule has 0 radical (unpaired) electrons. The third-order valence-corrected chi connectivity index (χ3v) is 2.66. The lowest BCUT2D eigenvalue weighted by Crippen LogP contribution is -2.06. The zero-order chi connectivity index (χ0) is 15.2. The molecule has 0 fully saturated rings. The van der Waals surface area contributed by atoms with Crippen LogP contribution in [-0.2, 0) is 9.53 Å². The van der Waals surface area contributed by atoms with Crippen molar-refractivity contribution < 1.29 is 14.3 Å². The van der Waals surface area contributed by atoms with Gasteiger partial charge in [-0.15, -0.1) is 0 Å². The molecule has 2 N–H and O–H groups in total. The molecule has 0 bridgehead atoms. The molecule has 0 saturated carbocycles. The maximum Gasteiger partial charge on any atom is 0.337 e. The number of nitrogens with one attached hydrogen (secondary N) is 2. The molecule has 0 unspecified atom stereocenters. The number of hydrogen-bond donors (Lipinski definition) is 2. The van der Waals surface area contributed by atoms with Gasteiger partial charge >= 0.3 is 5.97 Å². The number of anilines is 3. The summed E-state index contributed by atoms with van der Waals surface area (Å²) >= 11 is 0. The van der Waals surface area contributed by atoms with Gasteiger partial charge in [-0.05, 0) is 36.4 Å². The number of pyridine rings is 1. The second-order valence-electron chi connectivity index (χ2n) is 4.31. The van der Waals surface area contributed by atoms with E-state index < -0.39 is 0 Å². The molecule has 0 saturated heterocycles. The monoisotopic (exact) mass is 285 g/mol. The zero-order valence-corrected chi connectivity index (χ0v) is 11.7. The summed E-state index contributed by atoms with van der Waals surface area (Å²) in [7, 11) is 1.34. The number of amides is 1. The van der Waals surface area contributed by atoms with Crippen LogP contribution in [0.15, 0.2) is 42.6 Å². The lowest BCUT2D eigenvalue weighted by molar-refractivity contribution is -0.114. The molecule has 1 aromatic carbocycles. The van der Waals surface area contributed by atoms with Crippen molar-refractivity contribution in [3.8, 4) is 0 Å². The van der Waals surface area contributed by atoms with Crippen LogP contribution in [0, 0.1) is 0 Å². The highest BCUT2D eigenvalue weighted by Gasteiger charge is 2.04. The predicted octanol–water partition coefficient (Wildman–Crippen LogP) is 2.57. The van der Waals surface area contributed by atoms with E-state index in [-0.39, 0.29) is 11.9 Å². The number of carbonyl (C=O) groups excluding carboxylic acids is 2. The summed E-state index contributed by atoms with van der Waals surface area (Å²) in [6.45, 7) is 1.44. The van der Waals surface area contributed by atoms with E-state index in [1.807, 2.05) is 0 Å². The number of esters is 1. The molecule has 21 heavy (non-hydrogen) atoms. The second-order valence-corrected chi connectivity index (χ2v) is 4.31. The number of carbonyl (C=O) groups is 2. The molecule has 1 aromatic heterocycles. The quantitative estimate of drug-likeness (QED) is 0.844. The van der Waals surface area contributed by atoms with Crippen LogP contribution in [0.2, 0.25) is 0 Å². The number of hydrogen-bond acceptors (Lipinski definition) is 5. The van der Waals surface area contributed by atoms with Crippen LogP contribution in [0.5, 0.6) is 0 Å². The summed E-state index contributed by atoms with van der Waals surface area (Å²) in [4.78, 5) is 26.4. The smallest absolute Gasteiger partial charge is 0.337 e. The first kappa shape index (κ1) is 14.5. The first-order valence-electron chi connectivity index (χ1n) is 6.27. The Balaban J connectivity index is 2.04. The van der Waals surface area contributed by atoms with Gasteiger partial charge in [-0.3, -0.25) is 4.79 Å². The van der Waals surface area contributed by atoms with Gasteiger partial charge in [0.15, 0.2) is 0 Å². The maximum absolute atomic E-state index is 11.3. The van der Waals surface area contributed by atoms with Crippen molar-refractivity contribution in [3.05, 3.63) is 48.2 Å². The summed E-state index contributed by atoms with van der Waals surface area (Å²) in [6.07, 6.45) is 1.56. The Hall–Kier alpha value is -2.89. The number of rotatable bonds is 4. The van der Waals surface area contributed by atoms with Crippen molar-refractivity contribution in [2.24, 2.45) is 0 Å². The molecule has 108 valence electrons. The van der Waals surface area contributed by atoms with Gasteiger partial charge in [0, 0.05) is 12.6 Å². The standard InChI is InChI=1S/C15H15N3O3/c1-10(19)17-13-7-8-14(16-9-13)18-12-5-3-11(4-6-12)15(20)21-2/h3-9H,1-2H3,(H,16,18)(H,17,19). The Bertz CT molecular complexity index is 636. The van der Waals surface area contributed by atoms with Crippen LogP contribution in [0.4, 0.5) is 17.2 Å². The predicted molar refractivity (Wildman–Crippen MR) is 79.6 cm³/mol. The van der Waals surface area contributed by atoms with Crippen molar-refractivity contribution >= 4 is 29.1 Å². The maximum atomic E-state index is 11.3. The highest BCUT2D eigenvalue weighted by Crippen LogP contribution is 2.17. The first-order chi connectivity index (χ1) is 10.1. The van der Waals surface area contributed by atoms with E-state index in [0.29, 0.717) is 17.1 Å². The Morgan fingerprint density at radius 2 is 1.71 bits per heavy atom. The first-order valence-corrected chi connectivity index (χ1v) is 6.27. The molecular weight excluding hydrogens is 270 g/mol. The van der Waals surface area contributed by atoms with Crippen LogP contribution in [0.3, 0.4) is 0 Å². The van der Waals surface area contributed by atoms with Gasteiger partial charge in [-0.25, -0.2) is 9.78 Å². The van der Waals surface area contributed by atoms with E-state index in [2.05, 4.69) is 20.4 Å². The summed E-state index contributed by atoms with van der Waals surface area (Å²) in [5, 5.41) is 5.73. The van der Waals surface area contributed by atoms with Gasteiger partial charge in [0.05, 0.1) is 24.6 Å². The molecule has 1 amide bonds. The average Bonchev–Trinajstić information content (AvgIpc) is 2.49. The Morgan fingerprint density at radius 1 is 1.05 bits per heavy atom. The molecule has 0 aliphatic heterocycles. The molecule has 6 heteroatoms. The summed E-state index contributed by atoms with van der Waals surface area (Å²) in [5.41, 5.74) is 1.91. The minimum atomic E-state index is -0.376. The van der Waals surface area contributed by atoms with Gasteiger partial charge in [0.2, 0.25) is 5.91 Å². The number of aromatic nitrogens is 1. The molecule has 6 nitrogen and oxygen atoms in total. The van der Waals surface area contributed by atoms with E-state index >= 15 is 0 Å². The Labute approximate surface area is 122 Å². The van der Waals surface area contributed by atoms with Gasteiger partial charge in [-0.1, -0.05) is 0 Å². The fourth-order valence-electron chi connectivity index (χ4n) is 1.70. The fourth-order valence-corrected chi connectivity index (χ4v) is 1.70. The third-order valence-electron chi connectivity index (χ3n) is 2.66. The minimum Gasteiger partial charge on any atom is -0.465 e. The zero-order valence-electron chi connectivity index (χ0n) is 11.7. The molecule has 0 aliphatic rings. The van der Waals surface area contributed by atoms with Crippen LogP contribution in [0.25, 0.3) is 0 Å². The molecule has 2 aromatic rings. The molecule has 0 atom stereocenters. The molecule has 1 heterocycles. The van der Waals surface area contributed by atoms with E-state index in [0.717, 1.165) is 5.69 Å². The minimum absolute atomic E-state index is 0.143. The van der Waals surface area contributed by atoms with E-state index in [4.69, 9.17) is 0 Å². The van der Waals surface area contributed by atoms with Crippen LogP contribution >= 0.6 is 0 Å². The molecule has 0 spiro atoms. The normalized spacial score (nSPS) is 9.81. The highest BCUT2D eigenvalue weighted by atomic mass is 16.5. The second kappa shape index (κ2) is 6.51. The van der Waals surface area contributed by atoms with Crippen LogP contribution < -0.4 is 10.6 Å². The van der Waals surface area contributed by atoms with E-state index in [1.54, 1.807) is 42.6 Å². The van der Waals surface area contributed by atoms with Crippen molar-refractivity contribution in [2.75, 3.05) is 17.7 Å². The Kier molecular flexibility index (Phi) is 4.50. The third kappa shape index (κ3) is 4.04. The molecular formula is C15H15N3O3. The van der Waals surface area contributed by atoms with E-state index in [9.17, 15) is 9.59 Å². The SMILES string of the molecule is COC(=O)c1ccc(Nc2ccc(NC(C)=O)cn2)cc1. The van der Waals surface area contributed by atoms with Crippen molar-refractivity contribution in [1.82, 2.24) is 4.98 Å². The van der Waals surface area contributed by atoms with Gasteiger partial charge in [-0.2, -0.15) is 0 Å². The fraction of sp³-hybridized carbons (Fsp3) is 0.133. The lowest BCUT2D eigenvalue weighted by atomic mass is 10.2. The number of ether oxygens (including phenoxy) is 1. The van der Waals surface area contributed by atoms with Crippen molar-refractivity contribution in [3.63, 3.8) is 0 Å².